The molecule has 2 aliphatic rings. The molecule has 1 spiro atoms. The monoisotopic (exact) mass is 207 g/mol. The third kappa shape index (κ3) is 1.49. The van der Waals surface area contributed by atoms with Gasteiger partial charge in [-0.2, -0.15) is 0 Å². The minimum atomic E-state index is -2.74. The first kappa shape index (κ1) is 8.84. The average Bonchev–Trinajstić information content (AvgIpc) is 2.41. The quantitative estimate of drug-likeness (QED) is 0.617. The lowest BCUT2D eigenvalue weighted by molar-refractivity contribution is 0.545. The summed E-state index contributed by atoms with van der Waals surface area (Å²) in [6.45, 7) is 3.08. The second-order valence-corrected chi connectivity index (χ2v) is 7.65. The molecule has 0 amide bonds. The highest BCUT2D eigenvalue weighted by Gasteiger charge is 2.46. The molecular weight excluding hydrogens is 194 g/mol. The standard InChI is InChI=1S/C7H13NO2S2/c1-6-4-8-7(11-6)2-3-12(9,10)5-7/h6,8H,2-5H2,1H3. The van der Waals surface area contributed by atoms with E-state index in [4.69, 9.17) is 0 Å². The lowest BCUT2D eigenvalue weighted by Crippen LogP contribution is -2.38. The van der Waals surface area contributed by atoms with E-state index in [1.54, 1.807) is 11.8 Å². The van der Waals surface area contributed by atoms with E-state index in [2.05, 4.69) is 12.2 Å². The van der Waals surface area contributed by atoms with E-state index in [1.807, 2.05) is 0 Å². The van der Waals surface area contributed by atoms with Crippen molar-refractivity contribution in [1.82, 2.24) is 5.32 Å². The van der Waals surface area contributed by atoms with E-state index in [0.29, 0.717) is 16.8 Å². The van der Waals surface area contributed by atoms with Gasteiger partial charge in [0.1, 0.15) is 0 Å². The number of hydrogen-bond acceptors (Lipinski definition) is 4. The summed E-state index contributed by atoms with van der Waals surface area (Å²) in [5, 5.41) is 3.88. The molecule has 2 rings (SSSR count). The van der Waals surface area contributed by atoms with Gasteiger partial charge in [0.05, 0.1) is 16.4 Å². The Kier molecular flexibility index (Phi) is 1.93. The van der Waals surface area contributed by atoms with E-state index in [-0.39, 0.29) is 4.87 Å². The summed E-state index contributed by atoms with van der Waals surface area (Å²) in [7, 11) is -2.74. The zero-order valence-corrected chi connectivity index (χ0v) is 8.67. The molecule has 2 fully saturated rings. The number of rotatable bonds is 0. The van der Waals surface area contributed by atoms with Crippen molar-refractivity contribution in [2.75, 3.05) is 18.1 Å². The highest BCUT2D eigenvalue weighted by Crippen LogP contribution is 2.40. The highest BCUT2D eigenvalue weighted by atomic mass is 32.2. The number of hydrogen-bond donors (Lipinski definition) is 1. The fourth-order valence-electron chi connectivity index (χ4n) is 1.85. The Balaban J connectivity index is 2.16. The minimum Gasteiger partial charge on any atom is -0.301 e. The van der Waals surface area contributed by atoms with E-state index in [9.17, 15) is 8.42 Å². The zero-order chi connectivity index (χ0) is 8.82. The second kappa shape index (κ2) is 2.62. The van der Waals surface area contributed by atoms with Crippen LogP contribution in [-0.2, 0) is 9.84 Å². The van der Waals surface area contributed by atoms with Gasteiger partial charge < -0.3 is 5.32 Å². The van der Waals surface area contributed by atoms with Gasteiger partial charge in [0.2, 0.25) is 0 Å². The van der Waals surface area contributed by atoms with Crippen molar-refractivity contribution in [3.8, 4) is 0 Å². The van der Waals surface area contributed by atoms with Gasteiger partial charge in [-0.15, -0.1) is 11.8 Å². The van der Waals surface area contributed by atoms with Crippen LogP contribution in [0, 0.1) is 0 Å². The molecule has 0 aromatic carbocycles. The van der Waals surface area contributed by atoms with Crippen molar-refractivity contribution in [1.29, 1.82) is 0 Å². The number of sulfone groups is 1. The molecule has 2 heterocycles. The Morgan fingerprint density at radius 2 is 2.33 bits per heavy atom. The van der Waals surface area contributed by atoms with E-state index in [0.717, 1.165) is 13.0 Å². The van der Waals surface area contributed by atoms with Gasteiger partial charge in [0, 0.05) is 11.8 Å². The Bertz CT molecular complexity index is 288. The van der Waals surface area contributed by atoms with Crippen LogP contribution in [0.5, 0.6) is 0 Å². The van der Waals surface area contributed by atoms with Crippen LogP contribution < -0.4 is 5.32 Å². The van der Waals surface area contributed by atoms with Crippen molar-refractivity contribution in [2.24, 2.45) is 0 Å². The second-order valence-electron chi connectivity index (χ2n) is 3.65. The molecule has 2 saturated heterocycles. The van der Waals surface area contributed by atoms with E-state index < -0.39 is 9.84 Å². The molecule has 0 aromatic rings. The van der Waals surface area contributed by atoms with Gasteiger partial charge >= 0.3 is 0 Å². The van der Waals surface area contributed by atoms with Crippen molar-refractivity contribution in [2.45, 2.75) is 23.5 Å². The van der Waals surface area contributed by atoms with Gasteiger partial charge in [-0.1, -0.05) is 6.92 Å². The van der Waals surface area contributed by atoms with E-state index >= 15 is 0 Å². The predicted octanol–water partition coefficient (Wildman–Crippen LogP) is 0.226. The zero-order valence-electron chi connectivity index (χ0n) is 7.04. The Hall–Kier alpha value is 0.260. The average molecular weight is 207 g/mol. The van der Waals surface area contributed by atoms with Crippen LogP contribution in [0.3, 0.4) is 0 Å². The summed E-state index contributed by atoms with van der Waals surface area (Å²) in [6, 6.07) is 0. The normalized spacial score (nSPS) is 45.6. The molecule has 1 N–H and O–H groups in total. The lowest BCUT2D eigenvalue weighted by atomic mass is 10.2. The van der Waals surface area contributed by atoms with Crippen LogP contribution in [0.15, 0.2) is 0 Å². The van der Waals surface area contributed by atoms with Gasteiger partial charge in [-0.25, -0.2) is 8.42 Å². The summed E-state index contributed by atoms with van der Waals surface area (Å²) in [5.74, 6) is 0.689. The summed E-state index contributed by atoms with van der Waals surface area (Å²) in [4.78, 5) is -0.127. The molecule has 2 unspecified atom stereocenters. The molecule has 0 radical (unpaired) electrons. The fraction of sp³-hybridized carbons (Fsp3) is 1.00. The van der Waals surface area contributed by atoms with Crippen molar-refractivity contribution >= 4 is 21.6 Å². The number of thioether (sulfide) groups is 1. The van der Waals surface area contributed by atoms with Crippen molar-refractivity contribution in [3.63, 3.8) is 0 Å². The molecular formula is C7H13NO2S2. The van der Waals surface area contributed by atoms with Crippen LogP contribution >= 0.6 is 11.8 Å². The Morgan fingerprint density at radius 1 is 1.58 bits per heavy atom. The maximum Gasteiger partial charge on any atom is 0.153 e. The summed E-state index contributed by atoms with van der Waals surface area (Å²) in [6.07, 6.45) is 0.782. The lowest BCUT2D eigenvalue weighted by Gasteiger charge is -2.19. The van der Waals surface area contributed by atoms with Gasteiger partial charge in [-0.3, -0.25) is 0 Å². The Morgan fingerprint density at radius 3 is 2.75 bits per heavy atom. The SMILES string of the molecule is CC1CNC2(CCS(=O)(=O)C2)S1. The Labute approximate surface area is 77.2 Å². The first-order chi connectivity index (χ1) is 5.52. The molecule has 2 atom stereocenters. The molecule has 2 aliphatic heterocycles. The molecule has 5 heteroatoms. The maximum absolute atomic E-state index is 11.2. The molecule has 3 nitrogen and oxygen atoms in total. The third-order valence-electron chi connectivity index (χ3n) is 2.41. The summed E-state index contributed by atoms with van der Waals surface area (Å²) in [5.41, 5.74) is 0. The van der Waals surface area contributed by atoms with E-state index in [1.165, 1.54) is 0 Å². The van der Waals surface area contributed by atoms with Crippen LogP contribution in [0.4, 0.5) is 0 Å². The molecule has 0 aromatic heterocycles. The number of nitrogens with one attached hydrogen (secondary N) is 1. The topological polar surface area (TPSA) is 46.2 Å². The van der Waals surface area contributed by atoms with Gasteiger partial charge in [0.15, 0.2) is 9.84 Å². The fourth-order valence-corrected chi connectivity index (χ4v) is 5.87. The molecule has 0 aliphatic carbocycles. The highest BCUT2D eigenvalue weighted by molar-refractivity contribution is 8.03. The van der Waals surface area contributed by atoms with Crippen molar-refractivity contribution in [3.05, 3.63) is 0 Å². The van der Waals surface area contributed by atoms with Crippen molar-refractivity contribution < 1.29 is 8.42 Å². The van der Waals surface area contributed by atoms with Crippen LogP contribution in [0.2, 0.25) is 0 Å². The van der Waals surface area contributed by atoms with Crippen LogP contribution in [0.1, 0.15) is 13.3 Å². The van der Waals surface area contributed by atoms with Crippen LogP contribution in [0.25, 0.3) is 0 Å². The van der Waals surface area contributed by atoms with Gasteiger partial charge in [0.25, 0.3) is 0 Å². The largest absolute Gasteiger partial charge is 0.301 e. The summed E-state index contributed by atoms with van der Waals surface area (Å²) >= 11 is 1.79. The summed E-state index contributed by atoms with van der Waals surface area (Å²) < 4.78 is 22.5. The molecule has 0 saturated carbocycles. The van der Waals surface area contributed by atoms with Gasteiger partial charge in [-0.05, 0) is 6.42 Å². The first-order valence-corrected chi connectivity index (χ1v) is 6.85. The maximum atomic E-state index is 11.2. The molecule has 12 heavy (non-hydrogen) atoms. The smallest absolute Gasteiger partial charge is 0.153 e. The predicted molar refractivity (Wildman–Crippen MR) is 51.1 cm³/mol. The van der Waals surface area contributed by atoms with Crippen LogP contribution in [-0.4, -0.2) is 36.6 Å². The third-order valence-corrected chi connectivity index (χ3v) is 5.86. The minimum absolute atomic E-state index is 0.127. The molecule has 70 valence electrons. The first-order valence-electron chi connectivity index (χ1n) is 4.15. The molecule has 0 bridgehead atoms.